The Morgan fingerprint density at radius 3 is 2.27 bits per heavy atom. The fourth-order valence-corrected chi connectivity index (χ4v) is 2.13. The van der Waals surface area contributed by atoms with Crippen LogP contribution in [0, 0.1) is 11.8 Å². The lowest BCUT2D eigenvalue weighted by atomic mass is 9.97. The number of hydrogen-bond donors (Lipinski definition) is 1. The first-order valence-electron chi connectivity index (χ1n) is 5.88. The Labute approximate surface area is 93.7 Å². The molecule has 0 radical (unpaired) electrons. The first kappa shape index (κ1) is 12.5. The summed E-state index contributed by atoms with van der Waals surface area (Å²) in [5.74, 6) is 5.96. The van der Waals surface area contributed by atoms with Crippen molar-refractivity contribution in [2.45, 2.75) is 64.6 Å². The molecule has 1 saturated heterocycles. The van der Waals surface area contributed by atoms with Crippen molar-refractivity contribution in [1.29, 1.82) is 0 Å². The summed E-state index contributed by atoms with van der Waals surface area (Å²) in [4.78, 5) is 2.43. The van der Waals surface area contributed by atoms with Crippen molar-refractivity contribution in [3.8, 4) is 11.8 Å². The minimum Gasteiger partial charge on any atom is -0.378 e. The molecule has 2 nitrogen and oxygen atoms in total. The number of hydrogen-bond acceptors (Lipinski definition) is 2. The lowest BCUT2D eigenvalue weighted by molar-refractivity contribution is 0.120. The van der Waals surface area contributed by atoms with Gasteiger partial charge in [0.15, 0.2) is 0 Å². The van der Waals surface area contributed by atoms with E-state index in [0.717, 1.165) is 6.54 Å². The van der Waals surface area contributed by atoms with Crippen LogP contribution in [0.2, 0.25) is 0 Å². The van der Waals surface area contributed by atoms with Gasteiger partial charge in [-0.25, -0.2) is 0 Å². The van der Waals surface area contributed by atoms with Crippen molar-refractivity contribution in [1.82, 2.24) is 4.90 Å². The summed E-state index contributed by atoms with van der Waals surface area (Å²) in [5.41, 5.74) is -0.859. The van der Waals surface area contributed by atoms with Crippen LogP contribution in [-0.2, 0) is 0 Å². The first-order chi connectivity index (χ1) is 6.90. The Morgan fingerprint density at radius 1 is 1.27 bits per heavy atom. The highest BCUT2D eigenvalue weighted by Gasteiger charge is 2.23. The zero-order valence-corrected chi connectivity index (χ0v) is 10.4. The van der Waals surface area contributed by atoms with E-state index >= 15 is 0 Å². The SMILES string of the molecule is CC1CCCC(C)N1CC#CC(C)(C)O. The Hall–Kier alpha value is -0.520. The van der Waals surface area contributed by atoms with E-state index in [4.69, 9.17) is 0 Å². The second-order valence-electron chi connectivity index (χ2n) is 5.16. The predicted molar refractivity (Wildman–Crippen MR) is 63.6 cm³/mol. The molecule has 1 aliphatic heterocycles. The number of nitrogens with zero attached hydrogens (tertiary/aromatic N) is 1. The van der Waals surface area contributed by atoms with Gasteiger partial charge in [0.2, 0.25) is 0 Å². The largest absolute Gasteiger partial charge is 0.378 e. The zero-order valence-electron chi connectivity index (χ0n) is 10.4. The van der Waals surface area contributed by atoms with Crippen LogP contribution in [0.4, 0.5) is 0 Å². The van der Waals surface area contributed by atoms with Gasteiger partial charge in [-0.05, 0) is 40.5 Å². The summed E-state index contributed by atoms with van der Waals surface area (Å²) >= 11 is 0. The van der Waals surface area contributed by atoms with E-state index in [1.165, 1.54) is 19.3 Å². The van der Waals surface area contributed by atoms with Crippen molar-refractivity contribution in [3.05, 3.63) is 0 Å². The van der Waals surface area contributed by atoms with Gasteiger partial charge in [0.25, 0.3) is 0 Å². The molecule has 1 heterocycles. The van der Waals surface area contributed by atoms with Crippen LogP contribution in [0.1, 0.15) is 47.0 Å². The van der Waals surface area contributed by atoms with Crippen LogP contribution < -0.4 is 0 Å². The fraction of sp³-hybridized carbons (Fsp3) is 0.846. The molecule has 0 aromatic heterocycles. The molecular weight excluding hydrogens is 186 g/mol. The van der Waals surface area contributed by atoms with E-state index in [0.29, 0.717) is 12.1 Å². The predicted octanol–water partition coefficient (Wildman–Crippen LogP) is 2.02. The van der Waals surface area contributed by atoms with Crippen molar-refractivity contribution < 1.29 is 5.11 Å². The van der Waals surface area contributed by atoms with Gasteiger partial charge in [0.05, 0.1) is 6.54 Å². The molecule has 0 bridgehead atoms. The molecule has 0 aromatic carbocycles. The van der Waals surface area contributed by atoms with E-state index in [2.05, 4.69) is 30.6 Å². The monoisotopic (exact) mass is 209 g/mol. The van der Waals surface area contributed by atoms with E-state index in [9.17, 15) is 5.11 Å². The van der Waals surface area contributed by atoms with Crippen LogP contribution in [-0.4, -0.2) is 34.2 Å². The van der Waals surface area contributed by atoms with E-state index < -0.39 is 5.60 Å². The zero-order chi connectivity index (χ0) is 11.5. The van der Waals surface area contributed by atoms with Crippen LogP contribution in [0.15, 0.2) is 0 Å². The second-order valence-corrected chi connectivity index (χ2v) is 5.16. The normalized spacial score (nSPS) is 28.3. The lowest BCUT2D eigenvalue weighted by Gasteiger charge is -2.37. The van der Waals surface area contributed by atoms with Gasteiger partial charge in [-0.15, -0.1) is 0 Å². The van der Waals surface area contributed by atoms with Gasteiger partial charge in [-0.2, -0.15) is 0 Å². The summed E-state index contributed by atoms with van der Waals surface area (Å²) in [6.07, 6.45) is 3.88. The molecule has 1 N–H and O–H groups in total. The maximum atomic E-state index is 9.49. The quantitative estimate of drug-likeness (QED) is 0.668. The minimum atomic E-state index is -0.859. The van der Waals surface area contributed by atoms with Crippen molar-refractivity contribution in [2.24, 2.45) is 0 Å². The summed E-state index contributed by atoms with van der Waals surface area (Å²) in [6.45, 7) is 8.77. The Morgan fingerprint density at radius 2 is 1.80 bits per heavy atom. The Bertz CT molecular complexity index is 246. The third-order valence-electron chi connectivity index (χ3n) is 3.03. The number of rotatable bonds is 1. The average Bonchev–Trinajstić information content (AvgIpc) is 2.08. The number of aliphatic hydroxyl groups is 1. The summed E-state index contributed by atoms with van der Waals surface area (Å²) in [7, 11) is 0. The van der Waals surface area contributed by atoms with E-state index in [1.54, 1.807) is 13.8 Å². The highest BCUT2D eigenvalue weighted by Crippen LogP contribution is 2.21. The number of piperidine rings is 1. The van der Waals surface area contributed by atoms with Gasteiger partial charge in [-0.3, -0.25) is 4.90 Å². The maximum absolute atomic E-state index is 9.49. The fourth-order valence-electron chi connectivity index (χ4n) is 2.13. The summed E-state index contributed by atoms with van der Waals surface area (Å²) in [5, 5.41) is 9.49. The molecular formula is C13H23NO. The van der Waals surface area contributed by atoms with Crippen LogP contribution >= 0.6 is 0 Å². The minimum absolute atomic E-state index is 0.629. The van der Waals surface area contributed by atoms with Crippen molar-refractivity contribution in [2.75, 3.05) is 6.54 Å². The lowest BCUT2D eigenvalue weighted by Crippen LogP contribution is -2.43. The topological polar surface area (TPSA) is 23.5 Å². The third kappa shape index (κ3) is 4.24. The highest BCUT2D eigenvalue weighted by molar-refractivity contribution is 5.11. The van der Waals surface area contributed by atoms with Crippen LogP contribution in [0.5, 0.6) is 0 Å². The Balaban J connectivity index is 2.51. The second kappa shape index (κ2) is 5.01. The molecule has 86 valence electrons. The van der Waals surface area contributed by atoms with Crippen molar-refractivity contribution >= 4 is 0 Å². The molecule has 1 fully saturated rings. The van der Waals surface area contributed by atoms with Crippen LogP contribution in [0.25, 0.3) is 0 Å². The molecule has 2 unspecified atom stereocenters. The maximum Gasteiger partial charge on any atom is 0.120 e. The van der Waals surface area contributed by atoms with Gasteiger partial charge in [-0.1, -0.05) is 18.3 Å². The molecule has 15 heavy (non-hydrogen) atoms. The summed E-state index contributed by atoms with van der Waals surface area (Å²) in [6, 6.07) is 1.26. The smallest absolute Gasteiger partial charge is 0.120 e. The number of likely N-dealkylation sites (tertiary alicyclic amines) is 1. The first-order valence-corrected chi connectivity index (χ1v) is 5.88. The standard InChI is InChI=1S/C13H23NO/c1-11-7-5-8-12(2)14(11)10-6-9-13(3,4)15/h11-12,15H,5,7-8,10H2,1-4H3. The van der Waals surface area contributed by atoms with Gasteiger partial charge >= 0.3 is 0 Å². The molecule has 1 rings (SSSR count). The van der Waals surface area contributed by atoms with Gasteiger partial charge < -0.3 is 5.11 Å². The van der Waals surface area contributed by atoms with Crippen LogP contribution in [0.3, 0.4) is 0 Å². The van der Waals surface area contributed by atoms with Gasteiger partial charge in [0, 0.05) is 12.1 Å². The van der Waals surface area contributed by atoms with E-state index in [-0.39, 0.29) is 0 Å². The molecule has 0 saturated carbocycles. The average molecular weight is 209 g/mol. The van der Waals surface area contributed by atoms with E-state index in [1.807, 2.05) is 0 Å². The molecule has 2 atom stereocenters. The molecule has 0 aliphatic carbocycles. The van der Waals surface area contributed by atoms with Crippen molar-refractivity contribution in [3.63, 3.8) is 0 Å². The molecule has 0 aromatic rings. The Kier molecular flexibility index (Phi) is 4.19. The summed E-state index contributed by atoms with van der Waals surface area (Å²) < 4.78 is 0. The molecule has 0 spiro atoms. The highest BCUT2D eigenvalue weighted by atomic mass is 16.3. The molecule has 2 heteroatoms. The van der Waals surface area contributed by atoms with Gasteiger partial charge in [0.1, 0.15) is 5.60 Å². The third-order valence-corrected chi connectivity index (χ3v) is 3.03. The molecule has 1 aliphatic rings. The molecule has 0 amide bonds.